The van der Waals surface area contributed by atoms with E-state index >= 15 is 0 Å². The van der Waals surface area contributed by atoms with Gasteiger partial charge in [0.05, 0.1) is 6.54 Å². The first-order chi connectivity index (χ1) is 14.0. The summed E-state index contributed by atoms with van der Waals surface area (Å²) in [6.45, 7) is 5.09. The molecule has 0 aliphatic heterocycles. The van der Waals surface area contributed by atoms with E-state index in [0.29, 0.717) is 24.2 Å². The number of aromatic nitrogens is 3. The first-order valence-corrected chi connectivity index (χ1v) is 10.7. The van der Waals surface area contributed by atoms with Crippen molar-refractivity contribution < 1.29 is 4.74 Å². The largest absolute Gasteiger partial charge is 0.489 e. The second kappa shape index (κ2) is 12.3. The molecule has 0 radical (unpaired) electrons. The normalized spacial score (nSPS) is 15.9. The summed E-state index contributed by atoms with van der Waals surface area (Å²) in [7, 11) is 1.96. The van der Waals surface area contributed by atoms with Crippen LogP contribution in [0.2, 0.25) is 5.02 Å². The van der Waals surface area contributed by atoms with Gasteiger partial charge in [0.25, 0.3) is 0 Å². The first-order valence-electron chi connectivity index (χ1n) is 10.3. The summed E-state index contributed by atoms with van der Waals surface area (Å²) in [5.74, 6) is 3.33. The molecule has 30 heavy (non-hydrogen) atoms. The molecule has 1 aromatic carbocycles. The van der Waals surface area contributed by atoms with E-state index in [4.69, 9.17) is 21.3 Å². The van der Waals surface area contributed by atoms with Crippen LogP contribution in [0.25, 0.3) is 0 Å². The van der Waals surface area contributed by atoms with Gasteiger partial charge in [-0.1, -0.05) is 30.9 Å². The van der Waals surface area contributed by atoms with Crippen LogP contribution in [0, 0.1) is 6.92 Å². The fourth-order valence-corrected chi connectivity index (χ4v) is 3.48. The maximum atomic E-state index is 5.96. The Morgan fingerprint density at radius 1 is 1.23 bits per heavy atom. The zero-order chi connectivity index (χ0) is 20.6. The second-order valence-corrected chi connectivity index (χ2v) is 8.07. The van der Waals surface area contributed by atoms with E-state index in [-0.39, 0.29) is 30.1 Å². The lowest BCUT2D eigenvalue weighted by atomic mass is 9.96. The maximum Gasteiger partial charge on any atom is 0.192 e. The van der Waals surface area contributed by atoms with Gasteiger partial charge in [-0.15, -0.1) is 34.2 Å². The molecule has 0 amide bonds. The Hall–Kier alpha value is -1.55. The third-order valence-corrected chi connectivity index (χ3v) is 5.47. The van der Waals surface area contributed by atoms with E-state index in [0.717, 1.165) is 23.4 Å². The third kappa shape index (κ3) is 7.61. The van der Waals surface area contributed by atoms with Gasteiger partial charge in [0, 0.05) is 18.1 Å². The number of aliphatic imine (C=N–C) groups is 1. The van der Waals surface area contributed by atoms with Gasteiger partial charge < -0.3 is 19.9 Å². The minimum absolute atomic E-state index is 0. The molecule has 1 saturated carbocycles. The van der Waals surface area contributed by atoms with Crippen LogP contribution in [0.3, 0.4) is 0 Å². The van der Waals surface area contributed by atoms with Gasteiger partial charge in [-0.2, -0.15) is 0 Å². The zero-order valence-electron chi connectivity index (χ0n) is 17.9. The van der Waals surface area contributed by atoms with Crippen LogP contribution in [0.15, 0.2) is 29.3 Å². The fraction of sp³-hybridized carbons (Fsp3) is 0.571. The fourth-order valence-electron chi connectivity index (χ4n) is 3.36. The molecule has 166 valence electrons. The lowest BCUT2D eigenvalue weighted by molar-refractivity contribution is 0.223. The molecule has 0 spiro atoms. The van der Waals surface area contributed by atoms with Gasteiger partial charge in [0.2, 0.25) is 0 Å². The molecule has 2 N–H and O–H groups in total. The maximum absolute atomic E-state index is 5.96. The van der Waals surface area contributed by atoms with Gasteiger partial charge in [-0.25, -0.2) is 4.99 Å². The van der Waals surface area contributed by atoms with Crippen molar-refractivity contribution in [2.75, 3.05) is 6.54 Å². The lowest BCUT2D eigenvalue weighted by Gasteiger charge is -2.26. The minimum atomic E-state index is -0.0217. The SMILES string of the molecule is Cc1nnc(CN=C(NCC(C)Oc2ccc(Cl)cc2)NC2CCCCC2)n1C.I. The highest BCUT2D eigenvalue weighted by Crippen LogP contribution is 2.18. The number of aryl methyl sites for hydroxylation is 1. The second-order valence-electron chi connectivity index (χ2n) is 7.63. The van der Waals surface area contributed by atoms with Gasteiger partial charge in [-0.3, -0.25) is 0 Å². The summed E-state index contributed by atoms with van der Waals surface area (Å²) in [4.78, 5) is 4.75. The summed E-state index contributed by atoms with van der Waals surface area (Å²) in [5.41, 5.74) is 0. The minimum Gasteiger partial charge on any atom is -0.489 e. The summed E-state index contributed by atoms with van der Waals surface area (Å²) in [5, 5.41) is 16.0. The topological polar surface area (TPSA) is 76.4 Å². The monoisotopic (exact) mass is 546 g/mol. The average molecular weight is 547 g/mol. The van der Waals surface area contributed by atoms with Gasteiger partial charge in [0.15, 0.2) is 11.8 Å². The molecule has 9 heteroatoms. The molecule has 7 nitrogen and oxygen atoms in total. The number of hydrogen-bond acceptors (Lipinski definition) is 4. The molecule has 1 unspecified atom stereocenters. The number of nitrogens with one attached hydrogen (secondary N) is 2. The van der Waals surface area contributed by atoms with E-state index in [2.05, 4.69) is 20.8 Å². The van der Waals surface area contributed by atoms with E-state index < -0.39 is 0 Å². The lowest BCUT2D eigenvalue weighted by Crippen LogP contribution is -2.46. The van der Waals surface area contributed by atoms with E-state index in [1.807, 2.05) is 49.7 Å². The number of benzene rings is 1. The number of hydrogen-bond donors (Lipinski definition) is 2. The van der Waals surface area contributed by atoms with Crippen LogP contribution >= 0.6 is 35.6 Å². The molecule has 3 rings (SSSR count). The van der Waals surface area contributed by atoms with Crippen molar-refractivity contribution in [1.82, 2.24) is 25.4 Å². The molecule has 1 fully saturated rings. The zero-order valence-corrected chi connectivity index (χ0v) is 21.0. The van der Waals surface area contributed by atoms with Crippen LogP contribution in [-0.2, 0) is 13.6 Å². The van der Waals surface area contributed by atoms with Crippen LogP contribution in [-0.4, -0.2) is 39.4 Å². The molecule has 0 bridgehead atoms. The Bertz CT molecular complexity index is 804. The van der Waals surface area contributed by atoms with Gasteiger partial charge in [-0.05, 0) is 51.0 Å². The molecule has 1 aliphatic rings. The summed E-state index contributed by atoms with van der Waals surface area (Å²) in [6, 6.07) is 7.88. The Balaban J connectivity index is 0.00000320. The average Bonchev–Trinajstić information content (AvgIpc) is 3.04. The van der Waals surface area contributed by atoms with Crippen molar-refractivity contribution in [2.45, 2.75) is 64.6 Å². The van der Waals surface area contributed by atoms with Crippen molar-refractivity contribution in [3.8, 4) is 5.75 Å². The Morgan fingerprint density at radius 2 is 1.93 bits per heavy atom. The van der Waals surface area contributed by atoms with E-state index in [1.54, 1.807) is 0 Å². The Labute approximate surface area is 201 Å². The predicted molar refractivity (Wildman–Crippen MR) is 132 cm³/mol. The Kier molecular flexibility index (Phi) is 10.2. The summed E-state index contributed by atoms with van der Waals surface area (Å²) in [6.07, 6.45) is 6.20. The molecular formula is C21H32ClIN6O. The molecular weight excluding hydrogens is 515 g/mol. The van der Waals surface area contributed by atoms with Crippen molar-refractivity contribution in [2.24, 2.45) is 12.0 Å². The van der Waals surface area contributed by atoms with Crippen LogP contribution in [0.4, 0.5) is 0 Å². The predicted octanol–water partition coefficient (Wildman–Crippen LogP) is 4.23. The quantitative estimate of drug-likeness (QED) is 0.309. The van der Waals surface area contributed by atoms with Crippen molar-refractivity contribution in [3.05, 3.63) is 40.9 Å². The molecule has 1 aromatic heterocycles. The molecule has 1 aliphatic carbocycles. The van der Waals surface area contributed by atoms with Crippen molar-refractivity contribution in [1.29, 1.82) is 0 Å². The first kappa shape index (κ1) is 24.7. The van der Waals surface area contributed by atoms with Crippen LogP contribution in [0.5, 0.6) is 5.75 Å². The van der Waals surface area contributed by atoms with Crippen molar-refractivity contribution in [3.63, 3.8) is 0 Å². The highest BCUT2D eigenvalue weighted by atomic mass is 127. The molecule has 1 heterocycles. The number of ether oxygens (including phenoxy) is 1. The standard InChI is InChI=1S/C21H31ClN6O.HI/c1-15(29-19-11-9-17(22)10-12-19)13-23-21(25-18-7-5-4-6-8-18)24-14-20-27-26-16(2)28(20)3;/h9-12,15,18H,4-8,13-14H2,1-3H3,(H2,23,24,25);1H. The van der Waals surface area contributed by atoms with Crippen LogP contribution < -0.4 is 15.4 Å². The number of halogens is 2. The number of nitrogens with zero attached hydrogens (tertiary/aromatic N) is 4. The summed E-state index contributed by atoms with van der Waals surface area (Å²) < 4.78 is 7.93. The van der Waals surface area contributed by atoms with Crippen LogP contribution in [0.1, 0.15) is 50.7 Å². The van der Waals surface area contributed by atoms with Gasteiger partial charge >= 0.3 is 0 Å². The summed E-state index contributed by atoms with van der Waals surface area (Å²) >= 11 is 5.94. The van der Waals surface area contributed by atoms with E-state index in [1.165, 1.54) is 32.1 Å². The Morgan fingerprint density at radius 3 is 2.57 bits per heavy atom. The number of guanidine groups is 1. The van der Waals surface area contributed by atoms with Crippen molar-refractivity contribution >= 4 is 41.5 Å². The molecule has 0 saturated heterocycles. The highest BCUT2D eigenvalue weighted by molar-refractivity contribution is 14.0. The number of rotatable bonds is 7. The van der Waals surface area contributed by atoms with E-state index in [9.17, 15) is 0 Å². The highest BCUT2D eigenvalue weighted by Gasteiger charge is 2.16. The smallest absolute Gasteiger partial charge is 0.192 e. The molecule has 2 aromatic rings. The van der Waals surface area contributed by atoms with Gasteiger partial charge in [0.1, 0.15) is 24.2 Å². The third-order valence-electron chi connectivity index (χ3n) is 5.22. The molecule has 1 atom stereocenters.